The lowest BCUT2D eigenvalue weighted by Crippen LogP contribution is -2.23. The topological polar surface area (TPSA) is 72.5 Å². The molecule has 0 bridgehead atoms. The normalized spacial score (nSPS) is 13.5. The maximum Gasteiger partial charge on any atom is 0.308 e. The molecule has 0 amide bonds. The summed E-state index contributed by atoms with van der Waals surface area (Å²) < 4.78 is 4.91. The van der Waals surface area contributed by atoms with Gasteiger partial charge < -0.3 is 15.6 Å². The maximum absolute atomic E-state index is 10.7. The van der Waals surface area contributed by atoms with E-state index in [-0.39, 0.29) is 18.4 Å². The van der Waals surface area contributed by atoms with Crippen LogP contribution in [0.1, 0.15) is 25.5 Å². The largest absolute Gasteiger partial charge is 0.427 e. The zero-order valence-electron chi connectivity index (χ0n) is 9.21. The van der Waals surface area contributed by atoms with Gasteiger partial charge in [-0.15, -0.1) is 12.4 Å². The minimum absolute atomic E-state index is 0. The summed E-state index contributed by atoms with van der Waals surface area (Å²) in [5.74, 6) is 0.0638. The molecule has 1 rings (SSSR count). The molecule has 0 saturated heterocycles. The molecule has 16 heavy (non-hydrogen) atoms. The fourth-order valence-corrected chi connectivity index (χ4v) is 1.23. The third-order valence-electron chi connectivity index (χ3n) is 2.02. The summed E-state index contributed by atoms with van der Waals surface area (Å²) in [6.07, 6.45) is -0.641. The monoisotopic (exact) mass is 245 g/mol. The van der Waals surface area contributed by atoms with Crippen molar-refractivity contribution in [3.8, 4) is 5.75 Å². The maximum atomic E-state index is 10.7. The van der Waals surface area contributed by atoms with E-state index in [2.05, 4.69) is 0 Å². The van der Waals surface area contributed by atoms with Crippen LogP contribution in [0.3, 0.4) is 0 Å². The minimum atomic E-state index is -0.641. The molecule has 0 fully saturated rings. The van der Waals surface area contributed by atoms with Crippen molar-refractivity contribution in [2.24, 2.45) is 5.73 Å². The van der Waals surface area contributed by atoms with Gasteiger partial charge in [-0.2, -0.15) is 0 Å². The lowest BCUT2D eigenvalue weighted by molar-refractivity contribution is -0.131. The molecule has 0 aliphatic carbocycles. The molecule has 4 nitrogen and oxygen atoms in total. The number of hydrogen-bond donors (Lipinski definition) is 2. The number of benzene rings is 1. The number of nitrogens with two attached hydrogens (primary N) is 1. The number of aliphatic hydroxyl groups is 1. The van der Waals surface area contributed by atoms with Crippen LogP contribution in [0.15, 0.2) is 24.3 Å². The summed E-state index contributed by atoms with van der Waals surface area (Å²) >= 11 is 0. The molecule has 0 saturated carbocycles. The Kier molecular flexibility index (Phi) is 6.03. The Morgan fingerprint density at radius 2 is 2.12 bits per heavy atom. The van der Waals surface area contributed by atoms with Gasteiger partial charge in [0, 0.05) is 6.92 Å². The average Bonchev–Trinajstić information content (AvgIpc) is 2.16. The van der Waals surface area contributed by atoms with Gasteiger partial charge in [0.25, 0.3) is 0 Å². The van der Waals surface area contributed by atoms with Crippen molar-refractivity contribution in [2.45, 2.75) is 26.0 Å². The van der Waals surface area contributed by atoms with Gasteiger partial charge in [-0.05, 0) is 24.6 Å². The summed E-state index contributed by atoms with van der Waals surface area (Å²) in [5, 5.41) is 9.31. The van der Waals surface area contributed by atoms with Gasteiger partial charge >= 0.3 is 5.97 Å². The molecule has 1 aromatic rings. The summed E-state index contributed by atoms with van der Waals surface area (Å²) in [6.45, 7) is 2.95. The highest BCUT2D eigenvalue weighted by molar-refractivity contribution is 5.85. The Bertz CT molecular complexity index is 355. The smallest absolute Gasteiger partial charge is 0.308 e. The first-order valence-corrected chi connectivity index (χ1v) is 4.72. The number of hydrogen-bond acceptors (Lipinski definition) is 4. The molecule has 0 radical (unpaired) electrons. The summed E-state index contributed by atoms with van der Waals surface area (Å²) in [4.78, 5) is 10.7. The van der Waals surface area contributed by atoms with Crippen LogP contribution in [0.2, 0.25) is 0 Å². The number of rotatable bonds is 3. The fraction of sp³-hybridized carbons (Fsp3) is 0.364. The van der Waals surface area contributed by atoms with E-state index in [0.717, 1.165) is 5.56 Å². The van der Waals surface area contributed by atoms with Crippen molar-refractivity contribution in [2.75, 3.05) is 0 Å². The van der Waals surface area contributed by atoms with E-state index in [4.69, 9.17) is 10.5 Å². The number of aliphatic hydroxyl groups excluding tert-OH is 1. The van der Waals surface area contributed by atoms with Crippen LogP contribution >= 0.6 is 12.4 Å². The van der Waals surface area contributed by atoms with Crippen molar-refractivity contribution in [1.82, 2.24) is 0 Å². The summed E-state index contributed by atoms with van der Waals surface area (Å²) in [5.41, 5.74) is 6.49. The molecule has 5 heteroatoms. The highest BCUT2D eigenvalue weighted by Crippen LogP contribution is 2.20. The quantitative estimate of drug-likeness (QED) is 0.624. The van der Waals surface area contributed by atoms with Crippen LogP contribution in [0, 0.1) is 0 Å². The van der Waals surface area contributed by atoms with E-state index in [9.17, 15) is 9.90 Å². The molecule has 3 N–H and O–H groups in total. The van der Waals surface area contributed by atoms with Crippen LogP contribution in [0.5, 0.6) is 5.75 Å². The highest BCUT2D eigenvalue weighted by atomic mass is 35.5. The lowest BCUT2D eigenvalue weighted by atomic mass is 10.0. The first kappa shape index (κ1) is 14.9. The SMILES string of the molecule is CC(=O)Oc1cccc([C@H](N)[C@@H](C)O)c1.Cl. The number of esters is 1. The van der Waals surface area contributed by atoms with Crippen molar-refractivity contribution >= 4 is 18.4 Å². The zero-order chi connectivity index (χ0) is 11.4. The molecule has 2 atom stereocenters. The number of halogens is 1. The lowest BCUT2D eigenvalue weighted by Gasteiger charge is -2.15. The molecule has 1 aromatic carbocycles. The number of carbonyl (C=O) groups excluding carboxylic acids is 1. The van der Waals surface area contributed by atoms with Gasteiger partial charge in [-0.1, -0.05) is 12.1 Å². The number of carbonyl (C=O) groups is 1. The van der Waals surface area contributed by atoms with Crippen LogP contribution in [0.4, 0.5) is 0 Å². The third-order valence-corrected chi connectivity index (χ3v) is 2.02. The second-order valence-electron chi connectivity index (χ2n) is 3.43. The Morgan fingerprint density at radius 3 is 2.62 bits per heavy atom. The Labute approximate surface area is 101 Å². The second-order valence-corrected chi connectivity index (χ2v) is 3.43. The molecule has 0 heterocycles. The van der Waals surface area contributed by atoms with Crippen molar-refractivity contribution < 1.29 is 14.6 Å². The van der Waals surface area contributed by atoms with Crippen LogP contribution < -0.4 is 10.5 Å². The second kappa shape index (κ2) is 6.48. The molecule has 0 aromatic heterocycles. The van der Waals surface area contributed by atoms with Gasteiger partial charge in [-0.25, -0.2) is 0 Å². The first-order valence-electron chi connectivity index (χ1n) is 4.72. The van der Waals surface area contributed by atoms with Crippen molar-refractivity contribution in [3.63, 3.8) is 0 Å². The average molecular weight is 246 g/mol. The van der Waals surface area contributed by atoms with E-state index < -0.39 is 12.1 Å². The van der Waals surface area contributed by atoms with Crippen molar-refractivity contribution in [3.05, 3.63) is 29.8 Å². The van der Waals surface area contributed by atoms with Gasteiger partial charge in [0.1, 0.15) is 5.75 Å². The Balaban J connectivity index is 0.00000225. The molecule has 0 spiro atoms. The van der Waals surface area contributed by atoms with Gasteiger partial charge in [0.2, 0.25) is 0 Å². The van der Waals surface area contributed by atoms with E-state index in [1.54, 1.807) is 31.2 Å². The van der Waals surface area contributed by atoms with Crippen LogP contribution in [-0.4, -0.2) is 17.2 Å². The molecule has 0 aliphatic rings. The molecular weight excluding hydrogens is 230 g/mol. The van der Waals surface area contributed by atoms with E-state index in [1.807, 2.05) is 0 Å². The summed E-state index contributed by atoms with van der Waals surface area (Å²) in [7, 11) is 0. The van der Waals surface area contributed by atoms with Gasteiger partial charge in [0.15, 0.2) is 0 Å². The Hall–Kier alpha value is -1.10. The van der Waals surface area contributed by atoms with E-state index in [0.29, 0.717) is 5.75 Å². The predicted molar refractivity (Wildman–Crippen MR) is 63.6 cm³/mol. The van der Waals surface area contributed by atoms with E-state index >= 15 is 0 Å². The molecule has 0 aliphatic heterocycles. The molecule has 90 valence electrons. The first-order chi connectivity index (χ1) is 7.00. The van der Waals surface area contributed by atoms with Crippen LogP contribution in [-0.2, 0) is 4.79 Å². The fourth-order valence-electron chi connectivity index (χ4n) is 1.23. The summed E-state index contributed by atoms with van der Waals surface area (Å²) in [6, 6.07) is 6.36. The van der Waals surface area contributed by atoms with E-state index in [1.165, 1.54) is 6.92 Å². The number of ether oxygens (including phenoxy) is 1. The van der Waals surface area contributed by atoms with Gasteiger partial charge in [0.05, 0.1) is 12.1 Å². The molecule has 0 unspecified atom stereocenters. The Morgan fingerprint density at radius 1 is 1.50 bits per heavy atom. The highest BCUT2D eigenvalue weighted by Gasteiger charge is 2.12. The predicted octanol–water partition coefficient (Wildman–Crippen LogP) is 1.41. The van der Waals surface area contributed by atoms with Crippen molar-refractivity contribution in [1.29, 1.82) is 0 Å². The standard InChI is InChI=1S/C11H15NO3.ClH/c1-7(13)11(12)9-4-3-5-10(6-9)15-8(2)14;/h3-7,11,13H,12H2,1-2H3;1H/t7-,11-;/m1./s1. The minimum Gasteiger partial charge on any atom is -0.427 e. The zero-order valence-corrected chi connectivity index (χ0v) is 10.0. The third kappa shape index (κ3) is 4.18. The van der Waals surface area contributed by atoms with Crippen LogP contribution in [0.25, 0.3) is 0 Å². The van der Waals surface area contributed by atoms with Gasteiger partial charge in [-0.3, -0.25) is 4.79 Å². The molecular formula is C11H16ClNO3.